The van der Waals surface area contributed by atoms with Gasteiger partial charge in [-0.1, -0.05) is 19.9 Å². The van der Waals surface area contributed by atoms with E-state index in [9.17, 15) is 4.21 Å². The summed E-state index contributed by atoms with van der Waals surface area (Å²) in [6.07, 6.45) is 5.77. The minimum absolute atomic E-state index is 0.265. The van der Waals surface area contributed by atoms with E-state index in [1.165, 1.54) is 36.0 Å². The highest BCUT2D eigenvalue weighted by Crippen LogP contribution is 2.37. The molecule has 104 valence electrons. The Balaban J connectivity index is 2.01. The van der Waals surface area contributed by atoms with Crippen LogP contribution in [-0.2, 0) is 23.6 Å². The monoisotopic (exact) mass is 277 g/mol. The molecule has 19 heavy (non-hydrogen) atoms. The van der Waals surface area contributed by atoms with Gasteiger partial charge in [0, 0.05) is 16.2 Å². The first-order valence-corrected chi connectivity index (χ1v) is 8.71. The average molecular weight is 277 g/mol. The van der Waals surface area contributed by atoms with Crippen LogP contribution in [0.15, 0.2) is 17.0 Å². The molecular formula is C16H23NOS. The van der Waals surface area contributed by atoms with E-state index in [1.807, 2.05) is 0 Å². The SMILES string of the molecule is CCCNC1CC(C)S(=O)c2cc3c(cc21)CCC3. The second-order valence-corrected chi connectivity index (χ2v) is 7.70. The number of nitrogens with one attached hydrogen (secondary N) is 1. The number of benzene rings is 1. The fourth-order valence-corrected chi connectivity index (χ4v) is 4.83. The van der Waals surface area contributed by atoms with E-state index in [-0.39, 0.29) is 5.25 Å². The van der Waals surface area contributed by atoms with Crippen LogP contribution in [0, 0.1) is 0 Å². The molecule has 1 aromatic carbocycles. The van der Waals surface area contributed by atoms with Crippen molar-refractivity contribution in [2.24, 2.45) is 0 Å². The van der Waals surface area contributed by atoms with Gasteiger partial charge in [-0.05, 0) is 61.4 Å². The molecule has 0 fully saturated rings. The normalized spacial score (nSPS) is 29.1. The van der Waals surface area contributed by atoms with Crippen molar-refractivity contribution in [2.45, 2.75) is 62.1 Å². The Morgan fingerprint density at radius 3 is 2.79 bits per heavy atom. The molecule has 3 heteroatoms. The molecule has 1 N–H and O–H groups in total. The standard InChI is InChI=1S/C16H23NOS/c1-3-7-17-15-8-11(2)19(18)16-10-13-6-4-5-12(13)9-14(15)16/h9-11,15,17H,3-8H2,1-2H3. The molecule has 3 atom stereocenters. The number of hydrogen-bond acceptors (Lipinski definition) is 2. The fourth-order valence-electron chi connectivity index (χ4n) is 3.34. The quantitative estimate of drug-likeness (QED) is 0.920. The Bertz CT molecular complexity index is 512. The predicted molar refractivity (Wildman–Crippen MR) is 80.0 cm³/mol. The first kappa shape index (κ1) is 13.3. The van der Waals surface area contributed by atoms with Crippen LogP contribution >= 0.6 is 0 Å². The van der Waals surface area contributed by atoms with E-state index >= 15 is 0 Å². The molecule has 0 saturated carbocycles. The summed E-state index contributed by atoms with van der Waals surface area (Å²) in [6.45, 7) is 5.36. The minimum atomic E-state index is -0.819. The fraction of sp³-hybridized carbons (Fsp3) is 0.625. The molecule has 3 rings (SSSR count). The number of hydrogen-bond donors (Lipinski definition) is 1. The predicted octanol–water partition coefficient (Wildman–Crippen LogP) is 3.12. The molecular weight excluding hydrogens is 254 g/mol. The van der Waals surface area contributed by atoms with Crippen molar-refractivity contribution >= 4 is 10.8 Å². The Morgan fingerprint density at radius 2 is 2.05 bits per heavy atom. The molecule has 1 aliphatic heterocycles. The molecule has 3 unspecified atom stereocenters. The second-order valence-electron chi connectivity index (χ2n) is 5.86. The average Bonchev–Trinajstić information content (AvgIpc) is 2.87. The third-order valence-corrected chi connectivity index (χ3v) is 6.10. The molecule has 1 heterocycles. The third-order valence-electron chi connectivity index (χ3n) is 4.39. The molecule has 1 aromatic rings. The zero-order valence-corrected chi connectivity index (χ0v) is 12.7. The molecule has 2 aliphatic rings. The first-order valence-electron chi connectivity index (χ1n) is 7.50. The highest BCUT2D eigenvalue weighted by atomic mass is 32.2. The van der Waals surface area contributed by atoms with Crippen molar-refractivity contribution in [1.82, 2.24) is 5.32 Å². The highest BCUT2D eigenvalue weighted by molar-refractivity contribution is 7.85. The number of rotatable bonds is 3. The molecule has 0 aromatic heterocycles. The maximum absolute atomic E-state index is 12.5. The van der Waals surface area contributed by atoms with Crippen molar-refractivity contribution in [3.63, 3.8) is 0 Å². The molecule has 0 bridgehead atoms. The van der Waals surface area contributed by atoms with Crippen LogP contribution in [0.5, 0.6) is 0 Å². The summed E-state index contributed by atoms with van der Waals surface area (Å²) in [4.78, 5) is 1.10. The van der Waals surface area contributed by atoms with E-state index in [2.05, 4.69) is 31.3 Å². The lowest BCUT2D eigenvalue weighted by Gasteiger charge is -2.30. The lowest BCUT2D eigenvalue weighted by atomic mass is 9.97. The van der Waals surface area contributed by atoms with E-state index < -0.39 is 10.8 Å². The maximum Gasteiger partial charge on any atom is 0.0562 e. The zero-order valence-electron chi connectivity index (χ0n) is 11.9. The van der Waals surface area contributed by atoms with Gasteiger partial charge in [-0.15, -0.1) is 0 Å². The van der Waals surface area contributed by atoms with Gasteiger partial charge < -0.3 is 5.32 Å². The number of fused-ring (bicyclic) bond motifs is 2. The van der Waals surface area contributed by atoms with E-state index in [0.717, 1.165) is 24.3 Å². The van der Waals surface area contributed by atoms with Crippen molar-refractivity contribution in [3.05, 3.63) is 28.8 Å². The summed E-state index contributed by atoms with van der Waals surface area (Å²) in [6, 6.07) is 4.98. The van der Waals surface area contributed by atoms with Gasteiger partial charge in [-0.25, -0.2) is 0 Å². The van der Waals surface area contributed by atoms with Crippen LogP contribution in [0.1, 0.15) is 55.8 Å². The Kier molecular flexibility index (Phi) is 3.77. The molecule has 0 radical (unpaired) electrons. The Morgan fingerprint density at radius 1 is 1.32 bits per heavy atom. The van der Waals surface area contributed by atoms with E-state index in [0.29, 0.717) is 6.04 Å². The smallest absolute Gasteiger partial charge is 0.0562 e. The summed E-state index contributed by atoms with van der Waals surface area (Å²) < 4.78 is 12.5. The van der Waals surface area contributed by atoms with Crippen LogP contribution in [0.25, 0.3) is 0 Å². The molecule has 0 amide bonds. The van der Waals surface area contributed by atoms with Gasteiger partial charge >= 0.3 is 0 Å². The van der Waals surface area contributed by atoms with Crippen LogP contribution in [-0.4, -0.2) is 16.0 Å². The van der Waals surface area contributed by atoms with Gasteiger partial charge in [-0.2, -0.15) is 0 Å². The Hall–Kier alpha value is -0.670. The third kappa shape index (κ3) is 2.38. The summed E-state index contributed by atoms with van der Waals surface area (Å²) in [5, 5.41) is 3.90. The van der Waals surface area contributed by atoms with Gasteiger partial charge in [0.05, 0.1) is 10.8 Å². The van der Waals surface area contributed by atoms with Crippen LogP contribution < -0.4 is 5.32 Å². The van der Waals surface area contributed by atoms with Crippen LogP contribution in [0.2, 0.25) is 0 Å². The molecule has 0 spiro atoms. The summed E-state index contributed by atoms with van der Waals surface area (Å²) >= 11 is 0. The molecule has 0 saturated heterocycles. The van der Waals surface area contributed by atoms with Crippen molar-refractivity contribution < 1.29 is 4.21 Å². The summed E-state index contributed by atoms with van der Waals surface area (Å²) in [5.41, 5.74) is 4.24. The number of aryl methyl sites for hydroxylation is 2. The van der Waals surface area contributed by atoms with Gasteiger partial charge in [0.2, 0.25) is 0 Å². The minimum Gasteiger partial charge on any atom is -0.310 e. The topological polar surface area (TPSA) is 29.1 Å². The second kappa shape index (κ2) is 5.37. The first-order chi connectivity index (χ1) is 9.20. The summed E-state index contributed by atoms with van der Waals surface area (Å²) in [7, 11) is -0.819. The zero-order chi connectivity index (χ0) is 13.4. The van der Waals surface area contributed by atoms with Crippen LogP contribution in [0.3, 0.4) is 0 Å². The van der Waals surface area contributed by atoms with E-state index in [4.69, 9.17) is 0 Å². The van der Waals surface area contributed by atoms with Crippen LogP contribution in [0.4, 0.5) is 0 Å². The summed E-state index contributed by atoms with van der Waals surface area (Å²) in [5.74, 6) is 0. The van der Waals surface area contributed by atoms with Gasteiger partial charge in [0.15, 0.2) is 0 Å². The van der Waals surface area contributed by atoms with Gasteiger partial charge in [-0.3, -0.25) is 4.21 Å². The largest absolute Gasteiger partial charge is 0.310 e. The van der Waals surface area contributed by atoms with Crippen molar-refractivity contribution in [3.8, 4) is 0 Å². The van der Waals surface area contributed by atoms with Gasteiger partial charge in [0.25, 0.3) is 0 Å². The van der Waals surface area contributed by atoms with Gasteiger partial charge in [0.1, 0.15) is 0 Å². The molecule has 1 aliphatic carbocycles. The lowest BCUT2D eigenvalue weighted by Crippen LogP contribution is -2.32. The molecule has 2 nitrogen and oxygen atoms in total. The maximum atomic E-state index is 12.5. The van der Waals surface area contributed by atoms with Crippen molar-refractivity contribution in [2.75, 3.05) is 6.54 Å². The lowest BCUT2D eigenvalue weighted by molar-refractivity contribution is 0.477. The highest BCUT2D eigenvalue weighted by Gasteiger charge is 2.31. The van der Waals surface area contributed by atoms with Crippen molar-refractivity contribution in [1.29, 1.82) is 0 Å². The Labute approximate surface area is 118 Å². The van der Waals surface area contributed by atoms with E-state index in [1.54, 1.807) is 0 Å².